The van der Waals surface area contributed by atoms with Crippen LogP contribution in [0.5, 0.6) is 0 Å². The van der Waals surface area contributed by atoms with E-state index in [-0.39, 0.29) is 18.7 Å². The minimum Gasteiger partial charge on any atom is -0.480 e. The molecule has 0 bridgehead atoms. The van der Waals surface area contributed by atoms with Crippen molar-refractivity contribution in [1.29, 1.82) is 0 Å². The van der Waals surface area contributed by atoms with Gasteiger partial charge < -0.3 is 10.0 Å². The Morgan fingerprint density at radius 2 is 1.87 bits per heavy atom. The number of nitrogens with zero attached hydrogens (tertiary/aromatic N) is 1. The summed E-state index contributed by atoms with van der Waals surface area (Å²) in [7, 11) is -3.55. The van der Waals surface area contributed by atoms with Gasteiger partial charge in [-0.1, -0.05) is 18.6 Å². The van der Waals surface area contributed by atoms with Crippen LogP contribution >= 0.6 is 0 Å². The van der Waals surface area contributed by atoms with E-state index < -0.39 is 39.3 Å². The Labute approximate surface area is 133 Å². The SMILES string of the molecule is O=C(O)CN(Cc1ccc(F)cc1)C(=O)C1CCCCS1(=O)=O. The van der Waals surface area contributed by atoms with Gasteiger partial charge in [0.15, 0.2) is 9.84 Å². The molecule has 1 fully saturated rings. The van der Waals surface area contributed by atoms with Gasteiger partial charge in [0.1, 0.15) is 17.6 Å². The fourth-order valence-corrected chi connectivity index (χ4v) is 4.49. The molecule has 2 rings (SSSR count). The smallest absolute Gasteiger partial charge is 0.323 e. The van der Waals surface area contributed by atoms with E-state index in [4.69, 9.17) is 5.11 Å². The second-order valence-corrected chi connectivity index (χ2v) is 7.87. The highest BCUT2D eigenvalue weighted by Gasteiger charge is 2.37. The van der Waals surface area contributed by atoms with E-state index in [0.29, 0.717) is 18.4 Å². The third-order valence-electron chi connectivity index (χ3n) is 3.78. The minimum atomic E-state index is -3.55. The molecular weight excluding hydrogens is 325 g/mol. The third-order valence-corrected chi connectivity index (χ3v) is 5.94. The van der Waals surface area contributed by atoms with Crippen LogP contribution in [0.1, 0.15) is 24.8 Å². The topological polar surface area (TPSA) is 91.8 Å². The number of carbonyl (C=O) groups is 2. The zero-order valence-corrected chi connectivity index (χ0v) is 13.3. The fraction of sp³-hybridized carbons (Fsp3) is 0.467. The second kappa shape index (κ2) is 7.08. The van der Waals surface area contributed by atoms with Crippen molar-refractivity contribution in [2.24, 2.45) is 0 Å². The van der Waals surface area contributed by atoms with E-state index in [1.807, 2.05) is 0 Å². The van der Waals surface area contributed by atoms with Crippen molar-refractivity contribution in [3.05, 3.63) is 35.6 Å². The molecule has 23 heavy (non-hydrogen) atoms. The number of sulfone groups is 1. The van der Waals surface area contributed by atoms with Crippen molar-refractivity contribution in [1.82, 2.24) is 4.90 Å². The summed E-state index contributed by atoms with van der Waals surface area (Å²) in [4.78, 5) is 24.5. The van der Waals surface area contributed by atoms with E-state index >= 15 is 0 Å². The quantitative estimate of drug-likeness (QED) is 0.867. The molecule has 126 valence electrons. The van der Waals surface area contributed by atoms with Gasteiger partial charge in [-0.05, 0) is 30.5 Å². The molecule has 0 spiro atoms. The summed E-state index contributed by atoms with van der Waals surface area (Å²) >= 11 is 0. The molecule has 1 saturated heterocycles. The van der Waals surface area contributed by atoms with Crippen LogP contribution in [0.15, 0.2) is 24.3 Å². The summed E-state index contributed by atoms with van der Waals surface area (Å²) in [6.07, 6.45) is 1.34. The Morgan fingerprint density at radius 1 is 1.22 bits per heavy atom. The maximum Gasteiger partial charge on any atom is 0.323 e. The van der Waals surface area contributed by atoms with Crippen molar-refractivity contribution in [3.63, 3.8) is 0 Å². The van der Waals surface area contributed by atoms with Crippen LogP contribution < -0.4 is 0 Å². The Hall–Kier alpha value is -1.96. The Bertz CT molecular complexity index is 686. The van der Waals surface area contributed by atoms with Gasteiger partial charge in [0.05, 0.1) is 5.75 Å². The Balaban J connectivity index is 2.21. The molecule has 1 heterocycles. The maximum absolute atomic E-state index is 12.9. The zero-order chi connectivity index (χ0) is 17.0. The van der Waals surface area contributed by atoms with Crippen molar-refractivity contribution >= 4 is 21.7 Å². The van der Waals surface area contributed by atoms with Gasteiger partial charge in [-0.25, -0.2) is 12.8 Å². The summed E-state index contributed by atoms with van der Waals surface area (Å²) in [5.74, 6) is -2.43. The van der Waals surface area contributed by atoms with Crippen LogP contribution in [0, 0.1) is 5.82 Å². The Kier molecular flexibility index (Phi) is 5.35. The first-order valence-corrected chi connectivity index (χ1v) is 8.98. The lowest BCUT2D eigenvalue weighted by Crippen LogP contribution is -2.46. The highest BCUT2D eigenvalue weighted by molar-refractivity contribution is 7.92. The molecule has 1 aliphatic rings. The van der Waals surface area contributed by atoms with E-state index in [0.717, 1.165) is 4.90 Å². The highest BCUT2D eigenvalue weighted by Crippen LogP contribution is 2.22. The summed E-state index contributed by atoms with van der Waals surface area (Å²) < 4.78 is 37.1. The standard InChI is InChI=1S/C15H18FNO5S/c16-12-6-4-11(5-7-12)9-17(10-14(18)19)15(20)13-3-1-2-8-23(13,21)22/h4-7,13H,1-3,8-10H2,(H,18,19). The molecule has 0 radical (unpaired) electrons. The second-order valence-electron chi connectivity index (χ2n) is 5.57. The highest BCUT2D eigenvalue weighted by atomic mass is 32.2. The lowest BCUT2D eigenvalue weighted by Gasteiger charge is -2.28. The van der Waals surface area contributed by atoms with Gasteiger partial charge in [-0.2, -0.15) is 0 Å². The van der Waals surface area contributed by atoms with Crippen molar-refractivity contribution in [3.8, 4) is 0 Å². The predicted octanol–water partition coefficient (Wildman–Crippen LogP) is 1.21. The number of rotatable bonds is 5. The summed E-state index contributed by atoms with van der Waals surface area (Å²) in [5, 5.41) is 7.80. The summed E-state index contributed by atoms with van der Waals surface area (Å²) in [6, 6.07) is 5.28. The largest absolute Gasteiger partial charge is 0.480 e. The predicted molar refractivity (Wildman–Crippen MR) is 80.9 cm³/mol. The Morgan fingerprint density at radius 3 is 2.43 bits per heavy atom. The van der Waals surface area contributed by atoms with Crippen LogP contribution in [-0.2, 0) is 26.0 Å². The minimum absolute atomic E-state index is 0.0547. The van der Waals surface area contributed by atoms with Crippen LogP contribution in [0.4, 0.5) is 4.39 Å². The van der Waals surface area contributed by atoms with Crippen molar-refractivity contribution < 1.29 is 27.5 Å². The average Bonchev–Trinajstić information content (AvgIpc) is 2.47. The molecule has 1 unspecified atom stereocenters. The van der Waals surface area contributed by atoms with E-state index in [9.17, 15) is 22.4 Å². The number of amides is 1. The van der Waals surface area contributed by atoms with Crippen LogP contribution in [0.2, 0.25) is 0 Å². The first-order valence-electron chi connectivity index (χ1n) is 7.26. The van der Waals surface area contributed by atoms with E-state index in [2.05, 4.69) is 0 Å². The average molecular weight is 343 g/mol. The summed E-state index contributed by atoms with van der Waals surface area (Å²) in [6.45, 7) is -0.667. The monoisotopic (exact) mass is 343 g/mol. The third kappa shape index (κ3) is 4.51. The molecule has 1 aliphatic heterocycles. The van der Waals surface area contributed by atoms with Gasteiger partial charge in [0, 0.05) is 6.54 Å². The number of carboxylic acids is 1. The normalized spacial score (nSPS) is 20.0. The number of aliphatic carboxylic acids is 1. The lowest BCUT2D eigenvalue weighted by molar-refractivity contribution is -0.144. The lowest BCUT2D eigenvalue weighted by atomic mass is 10.1. The first kappa shape index (κ1) is 17.4. The van der Waals surface area contributed by atoms with Gasteiger partial charge in [0.2, 0.25) is 5.91 Å². The number of benzene rings is 1. The molecule has 1 aromatic carbocycles. The number of halogens is 1. The zero-order valence-electron chi connectivity index (χ0n) is 12.4. The van der Waals surface area contributed by atoms with Crippen LogP contribution in [0.25, 0.3) is 0 Å². The molecule has 1 N–H and O–H groups in total. The van der Waals surface area contributed by atoms with Gasteiger partial charge in [-0.15, -0.1) is 0 Å². The molecule has 1 amide bonds. The molecular formula is C15H18FNO5S. The van der Waals surface area contributed by atoms with Gasteiger partial charge in [-0.3, -0.25) is 9.59 Å². The molecule has 1 aromatic rings. The fourth-order valence-electron chi connectivity index (χ4n) is 2.62. The first-order chi connectivity index (χ1) is 10.8. The van der Waals surface area contributed by atoms with E-state index in [1.165, 1.54) is 24.3 Å². The molecule has 0 saturated carbocycles. The molecule has 0 aromatic heterocycles. The molecule has 6 nitrogen and oxygen atoms in total. The number of carboxylic acid groups (broad SMARTS) is 1. The van der Waals surface area contributed by atoms with Crippen molar-refractivity contribution in [2.75, 3.05) is 12.3 Å². The number of carbonyl (C=O) groups excluding carboxylic acids is 1. The molecule has 8 heteroatoms. The molecule has 1 atom stereocenters. The number of hydrogen-bond acceptors (Lipinski definition) is 4. The van der Waals surface area contributed by atoms with Crippen molar-refractivity contribution in [2.45, 2.75) is 31.1 Å². The van der Waals surface area contributed by atoms with E-state index in [1.54, 1.807) is 0 Å². The molecule has 0 aliphatic carbocycles. The van der Waals surface area contributed by atoms with Gasteiger partial charge in [0.25, 0.3) is 0 Å². The number of hydrogen-bond donors (Lipinski definition) is 1. The van der Waals surface area contributed by atoms with Gasteiger partial charge >= 0.3 is 5.97 Å². The maximum atomic E-state index is 12.9. The van der Waals surface area contributed by atoms with Crippen LogP contribution in [-0.4, -0.2) is 47.8 Å². The van der Waals surface area contributed by atoms with Crippen LogP contribution in [0.3, 0.4) is 0 Å². The summed E-state index contributed by atoms with van der Waals surface area (Å²) in [5.41, 5.74) is 0.536.